The number of aromatic nitrogens is 1. The molecule has 1 heterocycles. The first kappa shape index (κ1) is 18.0. The number of para-hydroxylation sites is 1. The number of ketones is 1. The molecule has 1 aromatic heterocycles. The zero-order valence-electron chi connectivity index (χ0n) is 15.0. The number of hydrogen-bond acceptors (Lipinski definition) is 2. The maximum atomic E-state index is 12.3. The molecule has 0 fully saturated rings. The number of nitrogens with zero attached hydrogens (tertiary/aromatic N) is 1. The van der Waals surface area contributed by atoms with Gasteiger partial charge in [0.2, 0.25) is 0 Å². The van der Waals surface area contributed by atoms with Gasteiger partial charge in [-0.15, -0.1) is 0 Å². The molecule has 136 valence electrons. The van der Waals surface area contributed by atoms with E-state index in [1.54, 1.807) is 36.4 Å². The highest BCUT2D eigenvalue weighted by Gasteiger charge is 2.02. The summed E-state index contributed by atoms with van der Waals surface area (Å²) in [5, 5.41) is 1.80. The summed E-state index contributed by atoms with van der Waals surface area (Å²) in [5.41, 5.74) is 4.46. The summed E-state index contributed by atoms with van der Waals surface area (Å²) >= 11 is 5.87. The van der Waals surface area contributed by atoms with Crippen molar-refractivity contribution in [3.8, 4) is 0 Å². The van der Waals surface area contributed by atoms with Crippen LogP contribution in [0.15, 0.2) is 90.1 Å². The van der Waals surface area contributed by atoms with Crippen molar-refractivity contribution < 1.29 is 4.79 Å². The summed E-state index contributed by atoms with van der Waals surface area (Å²) in [4.78, 5) is 20.1. The number of H-pyrrole nitrogens is 1. The summed E-state index contributed by atoms with van der Waals surface area (Å²) in [6, 6.07) is 22.7. The molecular formula is C24H17ClN2O. The number of nitrogens with one attached hydrogen (secondary N) is 1. The molecule has 0 radical (unpaired) electrons. The van der Waals surface area contributed by atoms with Gasteiger partial charge in [0.15, 0.2) is 5.78 Å². The van der Waals surface area contributed by atoms with Crippen molar-refractivity contribution in [1.82, 2.24) is 4.98 Å². The Labute approximate surface area is 168 Å². The highest BCUT2D eigenvalue weighted by atomic mass is 35.5. The summed E-state index contributed by atoms with van der Waals surface area (Å²) in [6.07, 6.45) is 7.11. The Balaban J connectivity index is 1.46. The standard InChI is InChI=1S/C24H17ClN2O/c25-20-10-5-17(6-11-20)7-14-24(28)18-8-12-21(13-9-18)26-15-19-16-27-23-4-2-1-3-22(19)23/h1-16,27H/b14-7+,26-15?. The number of hydrogen-bond donors (Lipinski definition) is 1. The van der Waals surface area contributed by atoms with E-state index in [1.165, 1.54) is 0 Å². The molecule has 0 amide bonds. The first-order chi connectivity index (χ1) is 13.7. The predicted octanol–water partition coefficient (Wildman–Crippen LogP) is 6.47. The van der Waals surface area contributed by atoms with E-state index in [0.29, 0.717) is 10.6 Å². The number of aromatic amines is 1. The first-order valence-corrected chi connectivity index (χ1v) is 9.25. The molecule has 0 bridgehead atoms. The maximum absolute atomic E-state index is 12.3. The molecule has 0 saturated heterocycles. The molecule has 0 unspecified atom stereocenters. The van der Waals surface area contributed by atoms with E-state index in [4.69, 9.17) is 11.6 Å². The van der Waals surface area contributed by atoms with Crippen molar-refractivity contribution >= 4 is 46.3 Å². The smallest absolute Gasteiger partial charge is 0.185 e. The summed E-state index contributed by atoms with van der Waals surface area (Å²) in [7, 11) is 0. The molecule has 4 rings (SSSR count). The molecular weight excluding hydrogens is 368 g/mol. The van der Waals surface area contributed by atoms with Crippen LogP contribution in [-0.2, 0) is 0 Å². The van der Waals surface area contributed by atoms with Gasteiger partial charge in [-0.25, -0.2) is 0 Å². The quantitative estimate of drug-likeness (QED) is 0.239. The lowest BCUT2D eigenvalue weighted by Gasteiger charge is -1.98. The first-order valence-electron chi connectivity index (χ1n) is 8.87. The van der Waals surface area contributed by atoms with Gasteiger partial charge in [0.1, 0.15) is 0 Å². The molecule has 0 aliphatic carbocycles. The second kappa shape index (κ2) is 8.07. The molecule has 3 nitrogen and oxygen atoms in total. The molecule has 0 aliphatic heterocycles. The SMILES string of the molecule is O=C(/C=C/c1ccc(Cl)cc1)c1ccc(N=Cc2c[nH]c3ccccc23)cc1. The van der Waals surface area contributed by atoms with E-state index in [-0.39, 0.29) is 5.78 Å². The molecule has 4 aromatic rings. The van der Waals surface area contributed by atoms with Crippen molar-refractivity contribution in [2.24, 2.45) is 4.99 Å². The monoisotopic (exact) mass is 384 g/mol. The molecule has 0 atom stereocenters. The number of aliphatic imine (C=N–C) groups is 1. The zero-order chi connectivity index (χ0) is 19.3. The van der Waals surface area contributed by atoms with Gasteiger partial charge in [0.25, 0.3) is 0 Å². The largest absolute Gasteiger partial charge is 0.361 e. The number of carbonyl (C=O) groups is 1. The van der Waals surface area contributed by atoms with Gasteiger partial charge in [-0.1, -0.05) is 48.0 Å². The van der Waals surface area contributed by atoms with Crippen LogP contribution in [0.1, 0.15) is 21.5 Å². The van der Waals surface area contributed by atoms with Gasteiger partial charge < -0.3 is 4.98 Å². The van der Waals surface area contributed by atoms with E-state index < -0.39 is 0 Å². The number of carbonyl (C=O) groups excluding carboxylic acids is 1. The predicted molar refractivity (Wildman–Crippen MR) is 117 cm³/mol. The second-order valence-corrected chi connectivity index (χ2v) is 6.78. The van der Waals surface area contributed by atoms with E-state index in [2.05, 4.69) is 16.0 Å². The minimum atomic E-state index is -0.0536. The lowest BCUT2D eigenvalue weighted by atomic mass is 10.1. The van der Waals surface area contributed by atoms with Crippen LogP contribution in [0.3, 0.4) is 0 Å². The molecule has 1 N–H and O–H groups in total. The van der Waals surface area contributed by atoms with E-state index in [1.807, 2.05) is 54.9 Å². The topological polar surface area (TPSA) is 45.2 Å². The Morgan fingerprint density at radius 3 is 2.46 bits per heavy atom. The van der Waals surface area contributed by atoms with Crippen LogP contribution in [0.2, 0.25) is 5.02 Å². The van der Waals surface area contributed by atoms with E-state index in [9.17, 15) is 4.79 Å². The number of halogens is 1. The fraction of sp³-hybridized carbons (Fsp3) is 0. The average molecular weight is 385 g/mol. The zero-order valence-corrected chi connectivity index (χ0v) is 15.7. The van der Waals surface area contributed by atoms with Gasteiger partial charge in [-0.3, -0.25) is 9.79 Å². The van der Waals surface area contributed by atoms with E-state index >= 15 is 0 Å². The molecule has 4 heteroatoms. The van der Waals surface area contributed by atoms with Gasteiger partial charge in [0, 0.05) is 39.5 Å². The van der Waals surface area contributed by atoms with Crippen molar-refractivity contribution in [3.05, 3.63) is 107 Å². The second-order valence-electron chi connectivity index (χ2n) is 6.34. The Morgan fingerprint density at radius 1 is 0.929 bits per heavy atom. The van der Waals surface area contributed by atoms with Gasteiger partial charge in [0.05, 0.1) is 5.69 Å². The van der Waals surface area contributed by atoms with Crippen LogP contribution in [0.5, 0.6) is 0 Å². The summed E-state index contributed by atoms with van der Waals surface area (Å²) < 4.78 is 0. The third kappa shape index (κ3) is 4.11. The summed E-state index contributed by atoms with van der Waals surface area (Å²) in [6.45, 7) is 0. The minimum absolute atomic E-state index is 0.0536. The Morgan fingerprint density at radius 2 is 1.68 bits per heavy atom. The van der Waals surface area contributed by atoms with Crippen LogP contribution in [-0.4, -0.2) is 17.0 Å². The van der Waals surface area contributed by atoms with Gasteiger partial charge >= 0.3 is 0 Å². The van der Waals surface area contributed by atoms with Crippen molar-refractivity contribution in [2.75, 3.05) is 0 Å². The number of fused-ring (bicyclic) bond motifs is 1. The Bertz CT molecular complexity index is 1170. The third-order valence-electron chi connectivity index (χ3n) is 4.42. The van der Waals surface area contributed by atoms with E-state index in [0.717, 1.165) is 27.7 Å². The maximum Gasteiger partial charge on any atom is 0.185 e. The average Bonchev–Trinajstić information content (AvgIpc) is 3.15. The number of benzene rings is 3. The Hall–Kier alpha value is -3.43. The Kier molecular flexibility index (Phi) is 5.18. The van der Waals surface area contributed by atoms with Crippen LogP contribution in [0.25, 0.3) is 17.0 Å². The lowest BCUT2D eigenvalue weighted by molar-refractivity contribution is 0.104. The van der Waals surface area contributed by atoms with Crippen LogP contribution < -0.4 is 0 Å². The number of rotatable bonds is 5. The molecule has 0 aliphatic rings. The van der Waals surface area contributed by atoms with Crippen molar-refractivity contribution in [1.29, 1.82) is 0 Å². The normalized spacial score (nSPS) is 11.6. The van der Waals surface area contributed by atoms with Crippen LogP contribution in [0, 0.1) is 0 Å². The highest BCUT2D eigenvalue weighted by Crippen LogP contribution is 2.19. The third-order valence-corrected chi connectivity index (χ3v) is 4.67. The van der Waals surface area contributed by atoms with Crippen LogP contribution >= 0.6 is 11.6 Å². The minimum Gasteiger partial charge on any atom is -0.361 e. The number of allylic oxidation sites excluding steroid dienone is 1. The highest BCUT2D eigenvalue weighted by molar-refractivity contribution is 6.30. The van der Waals surface area contributed by atoms with Crippen molar-refractivity contribution in [3.63, 3.8) is 0 Å². The van der Waals surface area contributed by atoms with Gasteiger partial charge in [-0.2, -0.15) is 0 Å². The lowest BCUT2D eigenvalue weighted by Crippen LogP contribution is -1.93. The molecule has 0 saturated carbocycles. The fourth-order valence-corrected chi connectivity index (χ4v) is 3.02. The summed E-state index contributed by atoms with van der Waals surface area (Å²) in [5.74, 6) is -0.0536. The van der Waals surface area contributed by atoms with Crippen LogP contribution in [0.4, 0.5) is 5.69 Å². The van der Waals surface area contributed by atoms with Crippen molar-refractivity contribution in [2.45, 2.75) is 0 Å². The van der Waals surface area contributed by atoms with Gasteiger partial charge in [-0.05, 0) is 54.1 Å². The molecule has 28 heavy (non-hydrogen) atoms. The molecule has 3 aromatic carbocycles. The fourth-order valence-electron chi connectivity index (χ4n) is 2.90. The molecule has 0 spiro atoms.